The summed E-state index contributed by atoms with van der Waals surface area (Å²) in [4.78, 5) is 92.5. The number of hydrogen-bond donors (Lipinski definition) is 3. The zero-order chi connectivity index (χ0) is 35.8. The number of primary amides is 1. The van der Waals surface area contributed by atoms with E-state index in [1.54, 1.807) is 6.92 Å². The number of carbonyl (C=O) groups is 8. The van der Waals surface area contributed by atoms with E-state index in [4.69, 9.17) is 5.73 Å². The minimum atomic E-state index is -0.381. The lowest BCUT2D eigenvalue weighted by Crippen LogP contribution is -2.35. The van der Waals surface area contributed by atoms with Crippen LogP contribution in [0.2, 0.25) is 0 Å². The predicted octanol–water partition coefficient (Wildman–Crippen LogP) is 3.86. The standard InChI is InChI=1S/C14H21N3O4.C14H19N2O4PS.2CH4.P2S2/c1-10(14(15)21)4-2-3-8-16-11(18)7-9-17-12(19)5-6-13(17)20;1-10(14(20)21-22)4-2-3-8-15-11(17)7-9-16-12(18)5-6-13(16)19;;;3-1-2-4/h5-6,10H,2-4,7-9H2,1H3,(H2,15,21)(H,16,18);5-6,10H,2-4,7-9H2,1H3,(H,15,17);2*1H4;. The summed E-state index contributed by atoms with van der Waals surface area (Å²) in [6, 6.07) is 0. The van der Waals surface area contributed by atoms with Crippen LogP contribution in [0.15, 0.2) is 24.3 Å². The summed E-state index contributed by atoms with van der Waals surface area (Å²) >= 11 is 13.5. The van der Waals surface area contributed by atoms with Crippen LogP contribution in [-0.4, -0.2) is 82.9 Å². The highest BCUT2D eigenvalue weighted by Crippen LogP contribution is 2.14. The second kappa shape index (κ2) is 30.2. The van der Waals surface area contributed by atoms with Crippen LogP contribution >= 0.6 is 21.4 Å². The van der Waals surface area contributed by atoms with Crippen molar-refractivity contribution in [2.75, 3.05) is 26.2 Å². The van der Waals surface area contributed by atoms with Gasteiger partial charge in [-0.1, -0.05) is 41.5 Å². The number of carbonyl (C=O) groups excluding carboxylic acids is 8. The molecule has 0 saturated heterocycles. The predicted molar refractivity (Wildman–Crippen MR) is 204 cm³/mol. The van der Waals surface area contributed by atoms with Crippen LogP contribution in [0.1, 0.15) is 80.1 Å². The number of nitrogens with two attached hydrogens (primary N) is 1. The van der Waals surface area contributed by atoms with Crippen molar-refractivity contribution in [1.29, 1.82) is 0 Å². The second-order valence-electron chi connectivity index (χ2n) is 10.3. The van der Waals surface area contributed by atoms with Gasteiger partial charge in [0.1, 0.15) is 0 Å². The number of nitrogens with one attached hydrogen (secondary N) is 2. The van der Waals surface area contributed by atoms with Crippen molar-refractivity contribution in [2.45, 2.75) is 80.1 Å². The molecule has 2 unspecified atom stereocenters. The average Bonchev–Trinajstić information content (AvgIpc) is 3.55. The van der Waals surface area contributed by atoms with Gasteiger partial charge in [-0.05, 0) is 61.1 Å². The van der Waals surface area contributed by atoms with E-state index in [1.165, 1.54) is 24.3 Å². The van der Waals surface area contributed by atoms with Crippen LogP contribution in [0, 0.1) is 11.8 Å². The second-order valence-corrected chi connectivity index (χ2v) is 15.7. The SMILES string of the molecule is C.C.CC(CCCCNC(=O)CCN1C(=O)C=CC1=O)C(=O)P=S.CC(CCCCNC(=O)CCN1C(=O)C=CC1=O)C(N)=O.S=PP=S. The van der Waals surface area contributed by atoms with Crippen molar-refractivity contribution in [3.8, 4) is 0 Å². The Kier molecular flexibility index (Phi) is 31.3. The summed E-state index contributed by atoms with van der Waals surface area (Å²) in [7, 11) is 2.12. The third-order valence-electron chi connectivity index (χ3n) is 6.73. The van der Waals surface area contributed by atoms with Gasteiger partial charge in [0, 0.05) is 89.2 Å². The van der Waals surface area contributed by atoms with Crippen LogP contribution in [0.25, 0.3) is 0 Å². The Hall–Kier alpha value is -2.60. The molecule has 0 saturated carbocycles. The van der Waals surface area contributed by atoms with Gasteiger partial charge in [0.05, 0.1) is 7.36 Å². The van der Waals surface area contributed by atoms with E-state index >= 15 is 0 Å². The van der Waals surface area contributed by atoms with Gasteiger partial charge in [-0.25, -0.2) is 0 Å². The van der Waals surface area contributed by atoms with Crippen LogP contribution in [0.3, 0.4) is 0 Å². The Morgan fingerprint density at radius 1 is 0.673 bits per heavy atom. The van der Waals surface area contributed by atoms with E-state index < -0.39 is 0 Å². The molecule has 274 valence electrons. The Balaban J connectivity index is -0.000000750. The Morgan fingerprint density at radius 3 is 1.33 bits per heavy atom. The molecule has 0 aromatic carbocycles. The fraction of sp³-hybridized carbons (Fsp3) is 0.600. The van der Waals surface area contributed by atoms with Crippen molar-refractivity contribution in [2.24, 2.45) is 17.6 Å². The molecule has 2 atom stereocenters. The fourth-order valence-electron chi connectivity index (χ4n) is 3.87. The largest absolute Gasteiger partial charge is 0.369 e. The maximum atomic E-state index is 11.6. The van der Waals surface area contributed by atoms with Gasteiger partial charge in [0.25, 0.3) is 23.6 Å². The van der Waals surface area contributed by atoms with Gasteiger partial charge in [-0.3, -0.25) is 48.2 Å². The van der Waals surface area contributed by atoms with E-state index in [2.05, 4.69) is 46.1 Å². The molecule has 0 bridgehead atoms. The molecule has 19 heteroatoms. The molecule has 0 aliphatic carbocycles. The van der Waals surface area contributed by atoms with Crippen LogP contribution in [0.5, 0.6) is 0 Å². The number of unbranched alkanes of at least 4 members (excludes halogenated alkanes) is 2. The summed E-state index contributed by atoms with van der Waals surface area (Å²) in [5, 5.41) is 5.45. The topological polar surface area (TPSA) is 193 Å². The molecule has 0 aromatic rings. The molecule has 4 N–H and O–H groups in total. The summed E-state index contributed by atoms with van der Waals surface area (Å²) in [6.07, 6.45) is 9.63. The van der Waals surface area contributed by atoms with Crippen molar-refractivity contribution >= 4 is 104 Å². The van der Waals surface area contributed by atoms with Gasteiger partial charge in [0.2, 0.25) is 17.7 Å². The normalized spacial score (nSPS) is 14.2. The van der Waals surface area contributed by atoms with Crippen LogP contribution in [-0.2, 0) is 73.8 Å². The van der Waals surface area contributed by atoms with Gasteiger partial charge < -0.3 is 16.4 Å². The van der Waals surface area contributed by atoms with E-state index in [1.807, 2.05) is 6.92 Å². The molecule has 2 aliphatic rings. The summed E-state index contributed by atoms with van der Waals surface area (Å²) in [5.74, 6) is -2.41. The Labute approximate surface area is 309 Å². The molecule has 2 aliphatic heterocycles. The molecular weight excluding hydrogens is 747 g/mol. The number of nitrogens with zero attached hydrogens (tertiary/aromatic N) is 2. The Bertz CT molecular complexity index is 1210. The summed E-state index contributed by atoms with van der Waals surface area (Å²) < 4.78 is 0. The number of hydrogen-bond acceptors (Lipinski definition) is 11. The molecule has 2 rings (SSSR count). The number of rotatable bonds is 20. The third-order valence-corrected chi connectivity index (χ3v) is 10.6. The van der Waals surface area contributed by atoms with Gasteiger partial charge >= 0.3 is 0 Å². The highest BCUT2D eigenvalue weighted by Gasteiger charge is 2.24. The first-order valence-corrected chi connectivity index (χ1v) is 21.1. The highest BCUT2D eigenvalue weighted by atomic mass is 32.7. The van der Waals surface area contributed by atoms with Crippen molar-refractivity contribution in [3.05, 3.63) is 24.3 Å². The highest BCUT2D eigenvalue weighted by molar-refractivity contribution is 8.40. The molecule has 0 spiro atoms. The lowest BCUT2D eigenvalue weighted by Gasteiger charge is -2.13. The van der Waals surface area contributed by atoms with E-state index in [9.17, 15) is 38.4 Å². The zero-order valence-corrected chi connectivity index (χ0v) is 31.4. The number of amides is 7. The van der Waals surface area contributed by atoms with E-state index in [0.717, 1.165) is 56.0 Å². The lowest BCUT2D eigenvalue weighted by atomic mass is 10.0. The fourth-order valence-corrected chi connectivity index (χ4v) is 4.72. The Morgan fingerprint density at radius 2 is 1.02 bits per heavy atom. The minimum Gasteiger partial charge on any atom is -0.369 e. The lowest BCUT2D eigenvalue weighted by molar-refractivity contribution is -0.139. The molecular formula is C30H48N5O8P3S3. The van der Waals surface area contributed by atoms with Crippen molar-refractivity contribution in [1.82, 2.24) is 20.4 Å². The van der Waals surface area contributed by atoms with Gasteiger partial charge in [0.15, 0.2) is 5.52 Å². The summed E-state index contributed by atoms with van der Waals surface area (Å²) in [5.41, 5.74) is 5.21. The van der Waals surface area contributed by atoms with Crippen molar-refractivity contribution < 1.29 is 38.4 Å². The first-order valence-electron chi connectivity index (χ1n) is 14.7. The van der Waals surface area contributed by atoms with E-state index in [-0.39, 0.29) is 99.5 Å². The molecule has 2 heterocycles. The third kappa shape index (κ3) is 23.4. The molecule has 0 aromatic heterocycles. The molecule has 13 nitrogen and oxygen atoms in total. The smallest absolute Gasteiger partial charge is 0.253 e. The van der Waals surface area contributed by atoms with Crippen molar-refractivity contribution in [3.63, 3.8) is 0 Å². The average molecular weight is 796 g/mol. The van der Waals surface area contributed by atoms with Crippen LogP contribution in [0.4, 0.5) is 0 Å². The van der Waals surface area contributed by atoms with E-state index in [0.29, 0.717) is 26.9 Å². The maximum absolute atomic E-state index is 11.6. The first-order chi connectivity index (χ1) is 22.3. The molecule has 0 fully saturated rings. The maximum Gasteiger partial charge on any atom is 0.253 e. The van der Waals surface area contributed by atoms with Crippen LogP contribution < -0.4 is 16.4 Å². The quantitative estimate of drug-likeness (QED) is 0.0921. The molecule has 0 radical (unpaired) electrons. The minimum absolute atomic E-state index is 0. The number of imide groups is 2. The monoisotopic (exact) mass is 795 g/mol. The zero-order valence-electron chi connectivity index (χ0n) is 26.3. The van der Waals surface area contributed by atoms with Gasteiger partial charge in [-0.2, -0.15) is 0 Å². The van der Waals surface area contributed by atoms with Gasteiger partial charge in [-0.15, -0.1) is 0 Å². The molecule has 7 amide bonds. The first kappa shape index (κ1) is 50.8. The summed E-state index contributed by atoms with van der Waals surface area (Å²) in [6.45, 7) is 4.85. The molecule has 49 heavy (non-hydrogen) atoms.